The number of benzene rings is 9. The van der Waals surface area contributed by atoms with Crippen LogP contribution in [-0.2, 0) is 16.2 Å². The molecular weight excluding hydrogens is 860 g/mol. The van der Waals surface area contributed by atoms with Crippen LogP contribution in [0, 0.1) is 0 Å². The van der Waals surface area contributed by atoms with Crippen LogP contribution in [0.3, 0.4) is 0 Å². The molecule has 0 radical (unpaired) electrons. The number of rotatable bonds is 5. The quantitative estimate of drug-likeness (QED) is 0.160. The minimum atomic E-state index is -0.141. The third-order valence-electron chi connectivity index (χ3n) is 15.5. The van der Waals surface area contributed by atoms with Gasteiger partial charge >= 0.3 is 0 Å². The lowest BCUT2D eigenvalue weighted by Gasteiger charge is -2.47. The van der Waals surface area contributed by atoms with E-state index in [1.165, 1.54) is 100 Å². The van der Waals surface area contributed by atoms with E-state index in [1.54, 1.807) is 0 Å². The Morgan fingerprint density at radius 1 is 0.380 bits per heavy atom. The molecule has 4 nitrogen and oxygen atoms in total. The second-order valence-electron chi connectivity index (χ2n) is 23.1. The lowest BCUT2D eigenvalue weighted by molar-refractivity contribution is 0.590. The van der Waals surface area contributed by atoms with Crippen molar-refractivity contribution in [2.75, 3.05) is 14.7 Å². The molecule has 0 fully saturated rings. The Labute approximate surface area is 419 Å². The highest BCUT2D eigenvalue weighted by Crippen LogP contribution is 2.53. The minimum Gasteiger partial charge on any atom is -0.311 e. The third-order valence-corrected chi connectivity index (χ3v) is 15.5. The van der Waals surface area contributed by atoms with Crippen molar-refractivity contribution in [3.8, 4) is 16.8 Å². The Morgan fingerprint density at radius 3 is 1.58 bits per heavy atom. The van der Waals surface area contributed by atoms with Gasteiger partial charge in [0.15, 0.2) is 0 Å². The maximum atomic E-state index is 2.62. The second-order valence-corrected chi connectivity index (χ2v) is 23.1. The fourth-order valence-electron chi connectivity index (χ4n) is 11.8. The zero-order valence-electron chi connectivity index (χ0n) is 42.3. The minimum absolute atomic E-state index is 0.0303. The van der Waals surface area contributed by atoms with Crippen LogP contribution in [0.15, 0.2) is 194 Å². The van der Waals surface area contributed by atoms with Gasteiger partial charge in [0.2, 0.25) is 0 Å². The standard InChI is InChI=1S/C66H59BN4/c1-64(2,3)44-27-33-47(34-28-44)68(48-35-29-45(30-36-48)65(4,5)6)50-37-38-53-58(41-50)69(49-31-25-43(26-32-49)42-17-11-10-12-18-42)59-39-46(66(7,8)9)40-60-61(59)67(53)54-21-16-24-57-63(54)71(60)56-23-15-20-52-51-19-13-14-22-55(51)70(57)62(52)56/h10-41H,1-9H3. The van der Waals surface area contributed by atoms with E-state index in [0.717, 1.165) is 22.7 Å². The largest absolute Gasteiger partial charge is 0.311 e. The summed E-state index contributed by atoms with van der Waals surface area (Å²) in [5, 5.41) is 2.56. The number of hydrogen-bond donors (Lipinski definition) is 0. The Hall–Kier alpha value is -7.76. The lowest BCUT2D eigenvalue weighted by Crippen LogP contribution is -2.62. The van der Waals surface area contributed by atoms with Gasteiger partial charge in [-0.3, -0.25) is 0 Å². The first-order valence-corrected chi connectivity index (χ1v) is 25.4. The fourth-order valence-corrected chi connectivity index (χ4v) is 11.8. The molecule has 0 aliphatic carbocycles. The number of hydrogen-bond acceptors (Lipinski definition) is 3. The van der Waals surface area contributed by atoms with Gasteiger partial charge in [-0.15, -0.1) is 0 Å². The van der Waals surface area contributed by atoms with E-state index in [1.807, 2.05) is 0 Å². The molecule has 10 aromatic rings. The molecule has 13 rings (SSSR count). The molecule has 1 aromatic heterocycles. The average Bonchev–Trinajstić information content (AvgIpc) is 3.71. The number of nitrogens with zero attached hydrogens (tertiary/aromatic N) is 4. The molecule has 346 valence electrons. The summed E-state index contributed by atoms with van der Waals surface area (Å²) in [6.45, 7) is 20.8. The molecule has 0 unspecified atom stereocenters. The topological polar surface area (TPSA) is 14.7 Å². The number of fused-ring (bicyclic) bond motifs is 9. The van der Waals surface area contributed by atoms with E-state index in [0.29, 0.717) is 0 Å². The average molecular weight is 919 g/mol. The zero-order valence-corrected chi connectivity index (χ0v) is 42.3. The summed E-state index contributed by atoms with van der Waals surface area (Å²) in [6, 6.07) is 73.6. The summed E-state index contributed by atoms with van der Waals surface area (Å²) >= 11 is 0. The lowest BCUT2D eigenvalue weighted by atomic mass is 9.33. The maximum absolute atomic E-state index is 2.62. The van der Waals surface area contributed by atoms with Gasteiger partial charge in [-0.25, -0.2) is 0 Å². The smallest absolute Gasteiger partial charge is 0.252 e. The maximum Gasteiger partial charge on any atom is 0.252 e. The van der Waals surface area contributed by atoms with Crippen LogP contribution < -0.4 is 31.1 Å². The van der Waals surface area contributed by atoms with Gasteiger partial charge in [-0.1, -0.05) is 178 Å². The van der Waals surface area contributed by atoms with Crippen molar-refractivity contribution in [2.24, 2.45) is 0 Å². The molecule has 3 aliphatic rings. The first-order valence-electron chi connectivity index (χ1n) is 25.4. The van der Waals surface area contributed by atoms with Crippen LogP contribution in [0.5, 0.6) is 0 Å². The van der Waals surface area contributed by atoms with Gasteiger partial charge in [-0.05, 0) is 139 Å². The first kappa shape index (κ1) is 43.3. The van der Waals surface area contributed by atoms with E-state index in [9.17, 15) is 0 Å². The molecule has 9 aromatic carbocycles. The van der Waals surface area contributed by atoms with E-state index < -0.39 is 0 Å². The van der Waals surface area contributed by atoms with E-state index in [2.05, 4.69) is 276 Å². The zero-order chi connectivity index (χ0) is 48.7. The van der Waals surface area contributed by atoms with Crippen LogP contribution in [0.25, 0.3) is 38.6 Å². The Kier molecular flexibility index (Phi) is 9.37. The van der Waals surface area contributed by atoms with Gasteiger partial charge in [0.05, 0.1) is 28.1 Å². The van der Waals surface area contributed by atoms with Gasteiger partial charge < -0.3 is 19.3 Å². The van der Waals surface area contributed by atoms with Crippen LogP contribution in [0.1, 0.15) is 79.0 Å². The van der Waals surface area contributed by atoms with E-state index in [-0.39, 0.29) is 23.0 Å². The molecule has 4 heterocycles. The van der Waals surface area contributed by atoms with Crippen molar-refractivity contribution in [2.45, 2.75) is 78.6 Å². The van der Waals surface area contributed by atoms with Crippen LogP contribution in [-0.4, -0.2) is 11.3 Å². The molecule has 0 bridgehead atoms. The van der Waals surface area contributed by atoms with E-state index in [4.69, 9.17) is 0 Å². The predicted molar refractivity (Wildman–Crippen MR) is 305 cm³/mol. The van der Waals surface area contributed by atoms with Crippen molar-refractivity contribution in [3.05, 3.63) is 211 Å². The van der Waals surface area contributed by atoms with Gasteiger partial charge in [0, 0.05) is 50.6 Å². The first-order chi connectivity index (χ1) is 34.1. The van der Waals surface area contributed by atoms with Crippen LogP contribution in [0.2, 0.25) is 0 Å². The number of aromatic nitrogens is 1. The second kappa shape index (κ2) is 15.4. The highest BCUT2D eigenvalue weighted by Gasteiger charge is 2.47. The molecule has 0 saturated carbocycles. The summed E-state index contributed by atoms with van der Waals surface area (Å²) < 4.78 is 2.54. The van der Waals surface area contributed by atoms with Gasteiger partial charge in [0.1, 0.15) is 0 Å². The number of anilines is 9. The molecule has 5 heteroatoms. The summed E-state index contributed by atoms with van der Waals surface area (Å²) in [4.78, 5) is 7.66. The van der Waals surface area contributed by atoms with Crippen LogP contribution >= 0.6 is 0 Å². The van der Waals surface area contributed by atoms with Crippen molar-refractivity contribution in [3.63, 3.8) is 0 Å². The van der Waals surface area contributed by atoms with Crippen molar-refractivity contribution >= 4 is 96.1 Å². The normalized spacial score (nSPS) is 13.6. The SMILES string of the molecule is CC(C)(C)c1ccc(N(c2ccc(C(C)(C)C)cc2)c2ccc3c(c2)N(c2ccc(-c4ccccc4)cc2)c2cc(C(C)(C)C)cc4c2B3c2cccc3c2N4c2cccc4c5ccccc5n-3c24)cc1. The molecule has 3 aliphatic heterocycles. The third kappa shape index (κ3) is 6.66. The summed E-state index contributed by atoms with van der Waals surface area (Å²) in [6.07, 6.45) is 0. The molecule has 0 N–H and O–H groups in total. The van der Waals surface area contributed by atoms with Crippen molar-refractivity contribution in [1.29, 1.82) is 0 Å². The molecule has 0 spiro atoms. The van der Waals surface area contributed by atoms with Gasteiger partial charge in [0.25, 0.3) is 6.71 Å². The Bertz CT molecular complexity index is 3690. The van der Waals surface area contributed by atoms with Gasteiger partial charge in [-0.2, -0.15) is 0 Å². The molecular formula is C66H59BN4. The summed E-state index contributed by atoms with van der Waals surface area (Å²) in [5.41, 5.74) is 24.6. The summed E-state index contributed by atoms with van der Waals surface area (Å²) in [7, 11) is 0. The molecule has 0 saturated heterocycles. The van der Waals surface area contributed by atoms with Crippen molar-refractivity contribution in [1.82, 2.24) is 4.57 Å². The molecule has 71 heavy (non-hydrogen) atoms. The number of para-hydroxylation sites is 3. The summed E-state index contributed by atoms with van der Waals surface area (Å²) in [5.74, 6) is 0. The Balaban J connectivity index is 1.10. The Morgan fingerprint density at radius 2 is 0.930 bits per heavy atom. The van der Waals surface area contributed by atoms with Crippen LogP contribution in [0.4, 0.5) is 51.2 Å². The monoisotopic (exact) mass is 918 g/mol. The highest BCUT2D eigenvalue weighted by atomic mass is 15.2. The van der Waals surface area contributed by atoms with Crippen molar-refractivity contribution < 1.29 is 0 Å². The molecule has 0 amide bonds. The highest BCUT2D eigenvalue weighted by molar-refractivity contribution is 7.00. The molecule has 0 atom stereocenters. The predicted octanol–water partition coefficient (Wildman–Crippen LogP) is 16.2. The van der Waals surface area contributed by atoms with E-state index >= 15 is 0 Å². The fraction of sp³-hybridized carbons (Fsp3) is 0.182.